The van der Waals surface area contributed by atoms with Gasteiger partial charge < -0.3 is 4.74 Å². The van der Waals surface area contributed by atoms with E-state index >= 15 is 0 Å². The van der Waals surface area contributed by atoms with Crippen molar-refractivity contribution in [3.63, 3.8) is 0 Å². The third-order valence-electron chi connectivity index (χ3n) is 2.02. The number of nitrogens with zero attached hydrogens (tertiary/aromatic N) is 2. The summed E-state index contributed by atoms with van der Waals surface area (Å²) in [6.45, 7) is 4.11. The molecule has 0 fully saturated rings. The van der Waals surface area contributed by atoms with Gasteiger partial charge in [0.1, 0.15) is 4.47 Å². The minimum absolute atomic E-state index is 0.172. The number of rotatable bonds is 4. The lowest BCUT2D eigenvalue weighted by Crippen LogP contribution is -2.23. The molecule has 0 saturated heterocycles. The smallest absolute Gasteiger partial charge is 0.307 e. The molecular formula is C10H13BrN2O3. The molecule has 1 rings (SSSR count). The van der Waals surface area contributed by atoms with Crippen LogP contribution in [0.5, 0.6) is 0 Å². The number of hydrogen-bond acceptors (Lipinski definition) is 4. The lowest BCUT2D eigenvalue weighted by molar-refractivity contribution is -0.143. The van der Waals surface area contributed by atoms with Crippen LogP contribution in [0.2, 0.25) is 0 Å². The molecule has 0 unspecified atom stereocenters. The summed E-state index contributed by atoms with van der Waals surface area (Å²) in [5.41, 5.74) is 0.453. The Morgan fingerprint density at radius 1 is 1.62 bits per heavy atom. The predicted molar refractivity (Wildman–Crippen MR) is 62.2 cm³/mol. The number of esters is 1. The summed E-state index contributed by atoms with van der Waals surface area (Å²) >= 11 is 3.16. The molecule has 0 atom stereocenters. The fourth-order valence-electron chi connectivity index (χ4n) is 1.15. The lowest BCUT2D eigenvalue weighted by atomic mass is 10.4. The van der Waals surface area contributed by atoms with Crippen LogP contribution in [-0.4, -0.2) is 22.1 Å². The number of hydrogen-bond donors (Lipinski definition) is 0. The van der Waals surface area contributed by atoms with Crippen molar-refractivity contribution in [1.29, 1.82) is 0 Å². The van der Waals surface area contributed by atoms with Gasteiger partial charge in [-0.1, -0.05) is 0 Å². The van der Waals surface area contributed by atoms with Crippen molar-refractivity contribution in [3.05, 3.63) is 26.8 Å². The van der Waals surface area contributed by atoms with Crippen LogP contribution in [0.1, 0.15) is 19.0 Å². The van der Waals surface area contributed by atoms with Crippen molar-refractivity contribution in [2.24, 2.45) is 0 Å². The molecule has 0 aliphatic rings. The van der Waals surface area contributed by atoms with Crippen molar-refractivity contribution in [2.75, 3.05) is 6.61 Å². The van der Waals surface area contributed by atoms with E-state index in [9.17, 15) is 9.59 Å². The van der Waals surface area contributed by atoms with Gasteiger partial charge in [-0.3, -0.25) is 14.2 Å². The number of halogens is 1. The fourth-order valence-corrected chi connectivity index (χ4v) is 1.48. The summed E-state index contributed by atoms with van der Waals surface area (Å²) < 4.78 is 6.58. The summed E-state index contributed by atoms with van der Waals surface area (Å²) in [5.74, 6) is -0.314. The van der Waals surface area contributed by atoms with Gasteiger partial charge in [-0.05, 0) is 29.8 Å². The predicted octanol–water partition coefficient (Wildman–Crippen LogP) is 1.27. The maximum atomic E-state index is 11.7. The molecule has 6 heteroatoms. The monoisotopic (exact) mass is 288 g/mol. The first kappa shape index (κ1) is 12.9. The van der Waals surface area contributed by atoms with Crippen LogP contribution in [0.25, 0.3) is 0 Å². The second-order valence-electron chi connectivity index (χ2n) is 3.20. The maximum absolute atomic E-state index is 11.7. The second kappa shape index (κ2) is 5.79. The van der Waals surface area contributed by atoms with Gasteiger partial charge in [-0.2, -0.15) is 0 Å². The van der Waals surface area contributed by atoms with Gasteiger partial charge >= 0.3 is 5.97 Å². The topological polar surface area (TPSA) is 61.2 Å². The van der Waals surface area contributed by atoms with Crippen LogP contribution in [-0.2, 0) is 16.1 Å². The number of ether oxygens (including phenoxy) is 1. The number of carbonyl (C=O) groups excluding carboxylic acids is 1. The number of aryl methyl sites for hydroxylation is 2. The van der Waals surface area contributed by atoms with Crippen LogP contribution in [0.15, 0.2) is 15.6 Å². The van der Waals surface area contributed by atoms with Crippen LogP contribution >= 0.6 is 15.9 Å². The van der Waals surface area contributed by atoms with Crippen molar-refractivity contribution in [1.82, 2.24) is 9.55 Å². The Kier molecular flexibility index (Phi) is 4.67. The van der Waals surface area contributed by atoms with E-state index in [-0.39, 0.29) is 24.5 Å². The first-order chi connectivity index (χ1) is 7.56. The van der Waals surface area contributed by atoms with E-state index in [4.69, 9.17) is 4.74 Å². The van der Waals surface area contributed by atoms with Crippen molar-refractivity contribution in [3.8, 4) is 0 Å². The highest BCUT2D eigenvalue weighted by atomic mass is 79.9. The minimum atomic E-state index is -0.314. The third kappa shape index (κ3) is 3.16. The van der Waals surface area contributed by atoms with E-state index < -0.39 is 0 Å². The largest absolute Gasteiger partial charge is 0.466 e. The van der Waals surface area contributed by atoms with Crippen molar-refractivity contribution >= 4 is 21.9 Å². The van der Waals surface area contributed by atoms with E-state index in [2.05, 4.69) is 20.9 Å². The molecule has 5 nitrogen and oxygen atoms in total. The van der Waals surface area contributed by atoms with Crippen LogP contribution in [0.3, 0.4) is 0 Å². The van der Waals surface area contributed by atoms with Crippen LogP contribution in [0.4, 0.5) is 0 Å². The Morgan fingerprint density at radius 3 is 2.94 bits per heavy atom. The number of aromatic nitrogens is 2. The maximum Gasteiger partial charge on any atom is 0.307 e. The Hall–Kier alpha value is -1.17. The minimum Gasteiger partial charge on any atom is -0.466 e. The zero-order valence-corrected chi connectivity index (χ0v) is 10.8. The molecule has 0 aliphatic carbocycles. The molecule has 0 radical (unpaired) electrons. The second-order valence-corrected chi connectivity index (χ2v) is 3.99. The highest BCUT2D eigenvalue weighted by molar-refractivity contribution is 9.10. The highest BCUT2D eigenvalue weighted by Crippen LogP contribution is 2.06. The molecule has 88 valence electrons. The van der Waals surface area contributed by atoms with Crippen LogP contribution < -0.4 is 5.56 Å². The number of carbonyl (C=O) groups is 1. The molecule has 0 saturated carbocycles. The van der Waals surface area contributed by atoms with E-state index in [0.717, 1.165) is 0 Å². The normalized spacial score (nSPS) is 10.2. The summed E-state index contributed by atoms with van der Waals surface area (Å²) in [5, 5.41) is 0. The molecule has 1 aromatic heterocycles. The van der Waals surface area contributed by atoms with Gasteiger partial charge in [-0.15, -0.1) is 0 Å². The average Bonchev–Trinajstić information content (AvgIpc) is 2.25. The Labute approximate surface area is 102 Å². The van der Waals surface area contributed by atoms with E-state index in [1.807, 2.05) is 0 Å². The molecule has 0 amide bonds. The molecule has 1 heterocycles. The zero-order chi connectivity index (χ0) is 12.1. The van der Waals surface area contributed by atoms with E-state index in [1.54, 1.807) is 13.8 Å². The van der Waals surface area contributed by atoms with Gasteiger partial charge in [0, 0.05) is 6.54 Å². The lowest BCUT2D eigenvalue weighted by Gasteiger charge is -2.06. The molecule has 1 aromatic rings. The molecule has 0 spiro atoms. The summed E-state index contributed by atoms with van der Waals surface area (Å²) in [6.07, 6.45) is 1.60. The van der Waals surface area contributed by atoms with Crippen molar-refractivity contribution < 1.29 is 9.53 Å². The van der Waals surface area contributed by atoms with Crippen molar-refractivity contribution in [2.45, 2.75) is 26.8 Å². The highest BCUT2D eigenvalue weighted by Gasteiger charge is 2.07. The quantitative estimate of drug-likeness (QED) is 0.783. The third-order valence-corrected chi connectivity index (χ3v) is 2.93. The van der Waals surface area contributed by atoms with E-state index in [1.165, 1.54) is 10.9 Å². The molecule has 0 N–H and O–H groups in total. The molecule has 0 aliphatic heterocycles. The first-order valence-corrected chi connectivity index (χ1v) is 5.72. The molecular weight excluding hydrogens is 276 g/mol. The van der Waals surface area contributed by atoms with Gasteiger partial charge in [0.25, 0.3) is 5.56 Å². The molecule has 0 aromatic carbocycles. The SMILES string of the molecule is CCOC(=O)CCn1cnc(C)c(Br)c1=O. The summed E-state index contributed by atoms with van der Waals surface area (Å²) in [4.78, 5) is 26.8. The Balaban J connectivity index is 2.72. The summed E-state index contributed by atoms with van der Waals surface area (Å²) in [7, 11) is 0. The van der Waals surface area contributed by atoms with Gasteiger partial charge in [0.05, 0.1) is 25.0 Å². The standard InChI is InChI=1S/C10H13BrN2O3/c1-3-16-8(14)4-5-13-6-12-7(2)9(11)10(13)15/h6H,3-5H2,1-2H3. The molecule has 0 bridgehead atoms. The van der Waals surface area contributed by atoms with E-state index in [0.29, 0.717) is 16.8 Å². The Morgan fingerprint density at radius 2 is 2.31 bits per heavy atom. The van der Waals surface area contributed by atoms with Gasteiger partial charge in [0.2, 0.25) is 0 Å². The van der Waals surface area contributed by atoms with Gasteiger partial charge in [-0.25, -0.2) is 4.98 Å². The Bertz CT molecular complexity index is 442. The summed E-state index contributed by atoms with van der Waals surface area (Å²) in [6, 6.07) is 0. The zero-order valence-electron chi connectivity index (χ0n) is 9.20. The van der Waals surface area contributed by atoms with Crippen LogP contribution in [0, 0.1) is 6.92 Å². The first-order valence-electron chi connectivity index (χ1n) is 4.93. The average molecular weight is 289 g/mol. The fraction of sp³-hybridized carbons (Fsp3) is 0.500. The van der Waals surface area contributed by atoms with Gasteiger partial charge in [0.15, 0.2) is 0 Å². The molecule has 16 heavy (non-hydrogen) atoms.